The number of benzene rings is 2. The number of amides is 3. The van der Waals surface area contributed by atoms with E-state index in [-0.39, 0.29) is 29.3 Å². The van der Waals surface area contributed by atoms with E-state index < -0.39 is 21.9 Å². The highest BCUT2D eigenvalue weighted by atomic mass is 35.5. The van der Waals surface area contributed by atoms with Crippen LogP contribution in [0.4, 0.5) is 10.5 Å². The van der Waals surface area contributed by atoms with Crippen LogP contribution in [0.3, 0.4) is 0 Å². The van der Waals surface area contributed by atoms with Gasteiger partial charge in [-0.3, -0.25) is 9.52 Å². The second kappa shape index (κ2) is 15.7. The number of halogens is 1. The van der Waals surface area contributed by atoms with E-state index in [2.05, 4.69) is 38.3 Å². The van der Waals surface area contributed by atoms with Crippen LogP contribution in [-0.2, 0) is 36.0 Å². The summed E-state index contributed by atoms with van der Waals surface area (Å²) in [6, 6.07) is 11.1. The Labute approximate surface area is 312 Å². The van der Waals surface area contributed by atoms with Crippen LogP contribution in [0.5, 0.6) is 5.75 Å². The van der Waals surface area contributed by atoms with Crippen LogP contribution in [0.2, 0.25) is 5.02 Å². The number of nitrogens with one attached hydrogen (secondary N) is 1. The van der Waals surface area contributed by atoms with E-state index >= 15 is 0 Å². The molecular formula is C39H51ClN4O7S. The van der Waals surface area contributed by atoms with Gasteiger partial charge in [-0.05, 0) is 97.7 Å². The monoisotopic (exact) mass is 754 g/mol. The van der Waals surface area contributed by atoms with Crippen LogP contribution in [0.15, 0.2) is 52.9 Å². The highest BCUT2D eigenvalue weighted by Crippen LogP contribution is 2.47. The number of anilines is 1. The summed E-state index contributed by atoms with van der Waals surface area (Å²) in [5, 5.41) is 0.740. The number of hydrogen-bond acceptors (Lipinski definition) is 8. The number of carbonyl (C=O) groups excluding carboxylic acids is 2. The lowest BCUT2D eigenvalue weighted by Gasteiger charge is -2.46. The second-order valence-corrected chi connectivity index (χ2v) is 17.7. The normalized spacial score (nSPS) is 31.2. The van der Waals surface area contributed by atoms with Crippen molar-refractivity contribution in [2.45, 2.75) is 63.1 Å². The molecule has 0 unspecified atom stereocenters. The molecule has 3 heterocycles. The van der Waals surface area contributed by atoms with Gasteiger partial charge < -0.3 is 28.7 Å². The number of carbonyl (C=O) groups is 2. The van der Waals surface area contributed by atoms with Crippen molar-refractivity contribution in [2.24, 2.45) is 22.1 Å². The molecule has 1 spiro atoms. The van der Waals surface area contributed by atoms with Crippen LogP contribution in [0, 0.1) is 17.8 Å². The highest BCUT2D eigenvalue weighted by Gasteiger charge is 2.44. The standard InChI is InChI=1S/C39H51ClN4O7S/c1-26-6-4-8-35(49-3)32-12-9-29(32)20-44-24-39(15-5-7-27-18-30(40)11-13-33(27)39)25-51-36-14-10-28(19-34(36)44)37(45)41-52(47,23-26)42-38(46)43-21-31(22-43)50-17-16-48-2/h4,8,10-11,13-14,18-19,26,29,31-32,35H,5-7,9,12,15-17,20-25H2,1-3H3,(H,41,42,45,46,47)/b8-4+/t26-,29-,32+,35-,39-,52-/m0/s1. The lowest BCUT2D eigenvalue weighted by molar-refractivity contribution is -0.0497. The first-order chi connectivity index (χ1) is 25.1. The topological polar surface area (TPSA) is 119 Å². The number of methoxy groups -OCH3 is 2. The third-order valence-corrected chi connectivity index (χ3v) is 13.7. The Morgan fingerprint density at radius 3 is 2.75 bits per heavy atom. The van der Waals surface area contributed by atoms with Gasteiger partial charge in [-0.1, -0.05) is 36.7 Å². The van der Waals surface area contributed by atoms with Gasteiger partial charge in [0.15, 0.2) is 0 Å². The maximum absolute atomic E-state index is 14.5. The number of likely N-dealkylation sites (tertiary alicyclic amines) is 1. The molecule has 2 fully saturated rings. The first kappa shape index (κ1) is 37.2. The molecule has 11 nitrogen and oxygen atoms in total. The average Bonchev–Trinajstić information content (AvgIpc) is 3.23. The second-order valence-electron chi connectivity index (χ2n) is 15.3. The minimum atomic E-state index is -3.50. The Balaban J connectivity index is 1.23. The van der Waals surface area contributed by atoms with E-state index in [1.54, 1.807) is 20.3 Å². The summed E-state index contributed by atoms with van der Waals surface area (Å²) in [5.41, 5.74) is 3.41. The summed E-state index contributed by atoms with van der Waals surface area (Å²) < 4.78 is 44.9. The average molecular weight is 755 g/mol. The van der Waals surface area contributed by atoms with Crippen molar-refractivity contribution < 1.29 is 32.7 Å². The lowest BCUT2D eigenvalue weighted by atomic mass is 9.68. The molecule has 6 atom stereocenters. The molecule has 2 bridgehead atoms. The molecule has 5 aliphatic rings. The maximum Gasteiger partial charge on any atom is 0.330 e. The van der Waals surface area contributed by atoms with Crippen molar-refractivity contribution in [2.75, 3.05) is 70.9 Å². The molecule has 13 heteroatoms. The SMILES string of the molecule is COCCOC1CN(C(=O)N[S@@]2(=O)=NC(=O)c3ccc4c(c3)N(C[C@@H]3CC[C@H]3[C@@H](OC)/C=C/C[C@H](C)C2)C[C@@]2(CCCc3cc(Cl)ccc32)CO4)C1. The molecule has 282 valence electrons. The number of allylic oxidation sites excluding steroid dienone is 1. The van der Waals surface area contributed by atoms with Gasteiger partial charge in [0.2, 0.25) is 0 Å². The van der Waals surface area contributed by atoms with Gasteiger partial charge in [-0.15, -0.1) is 4.36 Å². The zero-order valence-corrected chi connectivity index (χ0v) is 32.0. The van der Waals surface area contributed by atoms with E-state index in [0.29, 0.717) is 62.5 Å². The molecule has 3 aliphatic heterocycles. The van der Waals surface area contributed by atoms with E-state index in [9.17, 15) is 13.8 Å². The number of fused-ring (bicyclic) bond motifs is 4. The van der Waals surface area contributed by atoms with Crippen molar-refractivity contribution in [3.8, 4) is 5.75 Å². The molecule has 1 saturated carbocycles. The summed E-state index contributed by atoms with van der Waals surface area (Å²) in [6.45, 7) is 5.58. The van der Waals surface area contributed by atoms with Crippen molar-refractivity contribution in [3.63, 3.8) is 0 Å². The number of rotatable bonds is 6. The van der Waals surface area contributed by atoms with Gasteiger partial charge in [0.25, 0.3) is 5.91 Å². The quantitative estimate of drug-likeness (QED) is 0.281. The predicted molar refractivity (Wildman–Crippen MR) is 202 cm³/mol. The fourth-order valence-corrected chi connectivity index (χ4v) is 10.7. The predicted octanol–water partition coefficient (Wildman–Crippen LogP) is 6.03. The maximum atomic E-state index is 14.5. The van der Waals surface area contributed by atoms with Crippen LogP contribution in [0.25, 0.3) is 0 Å². The third-order valence-electron chi connectivity index (χ3n) is 11.5. The number of ether oxygens (including phenoxy) is 4. The fraction of sp³-hybridized carbons (Fsp3) is 0.590. The van der Waals surface area contributed by atoms with Crippen LogP contribution in [-0.4, -0.2) is 99.2 Å². The van der Waals surface area contributed by atoms with E-state index in [1.165, 1.54) is 16.0 Å². The number of nitrogens with zero attached hydrogens (tertiary/aromatic N) is 3. The molecule has 1 N–H and O–H groups in total. The molecule has 2 aliphatic carbocycles. The van der Waals surface area contributed by atoms with Crippen LogP contribution in [0.1, 0.15) is 60.5 Å². The molecule has 0 radical (unpaired) electrons. The van der Waals surface area contributed by atoms with Crippen LogP contribution >= 0.6 is 11.6 Å². The van der Waals surface area contributed by atoms with Crippen molar-refractivity contribution in [1.29, 1.82) is 0 Å². The zero-order chi connectivity index (χ0) is 36.5. The molecular weight excluding hydrogens is 704 g/mol. The Morgan fingerprint density at radius 2 is 1.98 bits per heavy atom. The Bertz CT molecular complexity index is 1810. The Kier molecular flexibility index (Phi) is 11.2. The van der Waals surface area contributed by atoms with Crippen molar-refractivity contribution in [3.05, 3.63) is 70.3 Å². The van der Waals surface area contributed by atoms with E-state index in [4.69, 9.17) is 30.5 Å². The lowest BCUT2D eigenvalue weighted by Crippen LogP contribution is -2.58. The summed E-state index contributed by atoms with van der Waals surface area (Å²) in [4.78, 5) is 31.2. The first-order valence-electron chi connectivity index (χ1n) is 18.6. The van der Waals surface area contributed by atoms with Gasteiger partial charge in [-0.25, -0.2) is 9.00 Å². The Morgan fingerprint density at radius 1 is 1.13 bits per heavy atom. The molecule has 52 heavy (non-hydrogen) atoms. The first-order valence-corrected chi connectivity index (χ1v) is 20.6. The van der Waals surface area contributed by atoms with Crippen molar-refractivity contribution in [1.82, 2.24) is 9.62 Å². The number of hydrogen-bond donors (Lipinski definition) is 1. The summed E-state index contributed by atoms with van der Waals surface area (Å²) in [6.07, 6.45) is 9.78. The summed E-state index contributed by atoms with van der Waals surface area (Å²) >= 11 is 6.46. The van der Waals surface area contributed by atoms with E-state index in [0.717, 1.165) is 55.9 Å². The molecule has 0 aromatic heterocycles. The largest absolute Gasteiger partial charge is 0.490 e. The molecule has 2 aromatic carbocycles. The van der Waals surface area contributed by atoms with Gasteiger partial charge in [0.05, 0.1) is 56.6 Å². The summed E-state index contributed by atoms with van der Waals surface area (Å²) in [5.74, 6) is 0.687. The summed E-state index contributed by atoms with van der Waals surface area (Å²) in [7, 11) is -0.127. The molecule has 3 amide bonds. The molecule has 7 rings (SSSR count). The van der Waals surface area contributed by atoms with Gasteiger partial charge in [0.1, 0.15) is 15.7 Å². The fourth-order valence-electron chi connectivity index (χ4n) is 8.58. The number of urea groups is 1. The van der Waals surface area contributed by atoms with Gasteiger partial charge in [0, 0.05) is 43.3 Å². The van der Waals surface area contributed by atoms with Gasteiger partial charge in [-0.2, -0.15) is 0 Å². The minimum absolute atomic E-state index is 0.0201. The van der Waals surface area contributed by atoms with Crippen LogP contribution < -0.4 is 14.4 Å². The Hall–Kier alpha value is -3.16. The van der Waals surface area contributed by atoms with Crippen molar-refractivity contribution >= 4 is 39.1 Å². The highest BCUT2D eigenvalue weighted by molar-refractivity contribution is 7.92. The number of aryl methyl sites for hydroxylation is 1. The zero-order valence-electron chi connectivity index (χ0n) is 30.4. The minimum Gasteiger partial charge on any atom is -0.490 e. The smallest absolute Gasteiger partial charge is 0.330 e. The van der Waals surface area contributed by atoms with Gasteiger partial charge >= 0.3 is 6.03 Å². The molecule has 2 aromatic rings. The van der Waals surface area contributed by atoms with E-state index in [1.807, 2.05) is 25.1 Å². The third kappa shape index (κ3) is 7.87. The molecule has 1 saturated heterocycles.